The van der Waals surface area contributed by atoms with Crippen molar-refractivity contribution in [3.63, 3.8) is 0 Å². The number of alkyl halides is 3. The average molecular weight is 497 g/mol. The SMILES string of the molecule is O=C(OC1(C(=O)Nc2ccc(-c3nnc(NCCCN4CCOCC4)o3)cc2)CCC1)C(F)(F)F. The highest BCUT2D eigenvalue weighted by atomic mass is 19.4. The molecule has 1 amide bonds. The minimum absolute atomic E-state index is 0.0307. The van der Waals surface area contributed by atoms with E-state index in [1.165, 1.54) is 0 Å². The van der Waals surface area contributed by atoms with Crippen molar-refractivity contribution in [2.75, 3.05) is 50.0 Å². The molecule has 0 bridgehead atoms. The van der Waals surface area contributed by atoms with E-state index < -0.39 is 23.7 Å². The summed E-state index contributed by atoms with van der Waals surface area (Å²) in [4.78, 5) is 26.1. The third-order valence-electron chi connectivity index (χ3n) is 5.94. The Balaban J connectivity index is 1.27. The van der Waals surface area contributed by atoms with E-state index in [0.29, 0.717) is 24.2 Å². The molecule has 35 heavy (non-hydrogen) atoms. The number of nitrogens with one attached hydrogen (secondary N) is 2. The molecule has 0 radical (unpaired) electrons. The van der Waals surface area contributed by atoms with E-state index in [1.807, 2.05) is 0 Å². The van der Waals surface area contributed by atoms with Crippen LogP contribution in [0.25, 0.3) is 11.5 Å². The second kappa shape index (κ2) is 10.6. The van der Waals surface area contributed by atoms with Gasteiger partial charge in [0.15, 0.2) is 5.60 Å². The second-order valence-electron chi connectivity index (χ2n) is 8.41. The fourth-order valence-electron chi connectivity index (χ4n) is 3.78. The van der Waals surface area contributed by atoms with Crippen molar-refractivity contribution in [1.82, 2.24) is 15.1 Å². The molecule has 0 unspecified atom stereocenters. The van der Waals surface area contributed by atoms with Crippen molar-refractivity contribution in [2.45, 2.75) is 37.5 Å². The van der Waals surface area contributed by atoms with Crippen LogP contribution in [0.2, 0.25) is 0 Å². The number of anilines is 2. The highest BCUT2D eigenvalue weighted by molar-refractivity contribution is 5.99. The lowest BCUT2D eigenvalue weighted by molar-refractivity contribution is -0.219. The zero-order valence-electron chi connectivity index (χ0n) is 18.9. The van der Waals surface area contributed by atoms with Crippen LogP contribution in [-0.2, 0) is 19.1 Å². The highest BCUT2D eigenvalue weighted by Crippen LogP contribution is 2.38. The molecule has 4 rings (SSSR count). The summed E-state index contributed by atoms with van der Waals surface area (Å²) < 4.78 is 53.2. The van der Waals surface area contributed by atoms with Gasteiger partial charge in [-0.3, -0.25) is 9.69 Å². The number of morpholine rings is 1. The molecule has 0 spiro atoms. The Morgan fingerprint density at radius 3 is 2.46 bits per heavy atom. The summed E-state index contributed by atoms with van der Waals surface area (Å²) in [5.41, 5.74) is -0.882. The number of nitrogens with zero attached hydrogens (tertiary/aromatic N) is 3. The predicted molar refractivity (Wildman–Crippen MR) is 117 cm³/mol. The zero-order valence-corrected chi connectivity index (χ0v) is 18.9. The van der Waals surface area contributed by atoms with Gasteiger partial charge in [-0.1, -0.05) is 5.10 Å². The number of benzene rings is 1. The first kappa shape index (κ1) is 24.9. The number of ether oxygens (including phenoxy) is 2. The minimum atomic E-state index is -5.16. The number of carbonyl (C=O) groups is 2. The molecule has 1 aromatic carbocycles. The number of esters is 1. The molecule has 1 aromatic heterocycles. The molecule has 1 aliphatic carbocycles. The maximum absolute atomic E-state index is 12.6. The van der Waals surface area contributed by atoms with Gasteiger partial charge in [0.25, 0.3) is 5.91 Å². The Labute approximate surface area is 199 Å². The van der Waals surface area contributed by atoms with Crippen LogP contribution in [-0.4, -0.2) is 78.1 Å². The molecule has 2 aliphatic rings. The number of halogens is 3. The van der Waals surface area contributed by atoms with Crippen LogP contribution in [0.5, 0.6) is 0 Å². The molecule has 0 atom stereocenters. The fraction of sp³-hybridized carbons (Fsp3) is 0.545. The van der Waals surface area contributed by atoms with Gasteiger partial charge < -0.3 is 24.5 Å². The maximum atomic E-state index is 12.6. The molecule has 2 fully saturated rings. The molecule has 1 saturated heterocycles. The van der Waals surface area contributed by atoms with E-state index in [4.69, 9.17) is 9.15 Å². The third kappa shape index (κ3) is 6.28. The summed E-state index contributed by atoms with van der Waals surface area (Å²) in [6.07, 6.45) is -3.71. The lowest BCUT2D eigenvalue weighted by Gasteiger charge is -2.39. The van der Waals surface area contributed by atoms with E-state index in [9.17, 15) is 22.8 Å². The van der Waals surface area contributed by atoms with Crippen molar-refractivity contribution < 1.29 is 36.7 Å². The highest BCUT2D eigenvalue weighted by Gasteiger charge is 2.53. The summed E-state index contributed by atoms with van der Waals surface area (Å²) in [6.45, 7) is 5.00. The molecular weight excluding hydrogens is 471 g/mol. The number of amides is 1. The molecule has 2 heterocycles. The minimum Gasteiger partial charge on any atom is -0.442 e. The van der Waals surface area contributed by atoms with Crippen LogP contribution in [0.4, 0.5) is 24.9 Å². The first-order valence-electron chi connectivity index (χ1n) is 11.3. The van der Waals surface area contributed by atoms with Gasteiger partial charge in [0.2, 0.25) is 5.89 Å². The van der Waals surface area contributed by atoms with Gasteiger partial charge in [-0.05, 0) is 56.5 Å². The molecule has 1 saturated carbocycles. The van der Waals surface area contributed by atoms with Crippen LogP contribution in [0.3, 0.4) is 0 Å². The van der Waals surface area contributed by atoms with E-state index in [0.717, 1.165) is 39.3 Å². The standard InChI is InChI=1S/C22H26F3N5O5/c23-22(24,25)19(32)35-21(7-1-8-21)18(31)27-16-5-3-15(4-6-16)17-28-29-20(34-17)26-9-2-10-30-11-13-33-14-12-30/h3-6H,1-2,7-14H2,(H,26,29)(H,27,31). The number of hydrogen-bond donors (Lipinski definition) is 2. The van der Waals surface area contributed by atoms with E-state index in [-0.39, 0.29) is 24.7 Å². The Kier molecular flexibility index (Phi) is 7.55. The van der Waals surface area contributed by atoms with E-state index in [1.54, 1.807) is 24.3 Å². The van der Waals surface area contributed by atoms with Crippen molar-refractivity contribution in [1.29, 1.82) is 0 Å². The Hall–Kier alpha value is -3.19. The van der Waals surface area contributed by atoms with Crippen molar-refractivity contribution in [3.8, 4) is 11.5 Å². The number of rotatable bonds is 9. The monoisotopic (exact) mass is 497 g/mol. The second-order valence-corrected chi connectivity index (χ2v) is 8.41. The number of hydrogen-bond acceptors (Lipinski definition) is 9. The molecule has 2 aromatic rings. The molecular formula is C22H26F3N5O5. The summed E-state index contributed by atoms with van der Waals surface area (Å²) in [5, 5.41) is 13.6. The molecule has 10 nitrogen and oxygen atoms in total. The Morgan fingerprint density at radius 2 is 1.83 bits per heavy atom. The molecule has 190 valence electrons. The van der Waals surface area contributed by atoms with Gasteiger partial charge in [-0.25, -0.2) is 4.79 Å². The largest absolute Gasteiger partial charge is 0.490 e. The topological polar surface area (TPSA) is 119 Å². The lowest BCUT2D eigenvalue weighted by Crippen LogP contribution is -2.53. The average Bonchev–Trinajstić information content (AvgIpc) is 3.28. The summed E-state index contributed by atoms with van der Waals surface area (Å²) in [5.74, 6) is -2.90. The van der Waals surface area contributed by atoms with Crippen LogP contribution < -0.4 is 10.6 Å². The normalized spacial score (nSPS) is 17.9. The van der Waals surface area contributed by atoms with Crippen molar-refractivity contribution >= 4 is 23.6 Å². The van der Waals surface area contributed by atoms with Crippen molar-refractivity contribution in [3.05, 3.63) is 24.3 Å². The van der Waals surface area contributed by atoms with E-state index in [2.05, 4.69) is 30.5 Å². The van der Waals surface area contributed by atoms with Gasteiger partial charge in [0.1, 0.15) is 0 Å². The first-order valence-corrected chi connectivity index (χ1v) is 11.3. The van der Waals surface area contributed by atoms with Crippen LogP contribution in [0, 0.1) is 0 Å². The summed E-state index contributed by atoms with van der Waals surface area (Å²) >= 11 is 0. The Bertz CT molecular complexity index is 1020. The van der Waals surface area contributed by atoms with Crippen molar-refractivity contribution in [2.24, 2.45) is 0 Å². The van der Waals surface area contributed by atoms with Gasteiger partial charge in [0, 0.05) is 30.9 Å². The number of aromatic nitrogens is 2. The Morgan fingerprint density at radius 1 is 1.11 bits per heavy atom. The lowest BCUT2D eigenvalue weighted by atomic mass is 9.79. The van der Waals surface area contributed by atoms with Crippen LogP contribution >= 0.6 is 0 Å². The van der Waals surface area contributed by atoms with Crippen LogP contribution in [0.15, 0.2) is 28.7 Å². The molecule has 13 heteroatoms. The number of carbonyl (C=O) groups excluding carboxylic acids is 2. The quantitative estimate of drug-likeness (QED) is 0.398. The maximum Gasteiger partial charge on any atom is 0.490 e. The third-order valence-corrected chi connectivity index (χ3v) is 5.94. The van der Waals surface area contributed by atoms with Gasteiger partial charge in [0.05, 0.1) is 13.2 Å². The first-order chi connectivity index (χ1) is 16.7. The molecule has 1 aliphatic heterocycles. The van der Waals surface area contributed by atoms with Gasteiger partial charge in [-0.15, -0.1) is 5.10 Å². The van der Waals surface area contributed by atoms with E-state index >= 15 is 0 Å². The summed E-state index contributed by atoms with van der Waals surface area (Å²) in [7, 11) is 0. The summed E-state index contributed by atoms with van der Waals surface area (Å²) in [6, 6.07) is 6.63. The zero-order chi connectivity index (χ0) is 24.9. The smallest absolute Gasteiger partial charge is 0.442 e. The van der Waals surface area contributed by atoms with Gasteiger partial charge >= 0.3 is 18.2 Å². The predicted octanol–water partition coefficient (Wildman–Crippen LogP) is 2.84. The van der Waals surface area contributed by atoms with Gasteiger partial charge in [-0.2, -0.15) is 13.2 Å². The van der Waals surface area contributed by atoms with Crippen LogP contribution in [0.1, 0.15) is 25.7 Å². The fourth-order valence-corrected chi connectivity index (χ4v) is 3.78. The molecule has 2 N–H and O–H groups in total.